The zero-order valence-electron chi connectivity index (χ0n) is 15.1. The molecule has 2 heterocycles. The Hall–Kier alpha value is -2.21. The number of carbonyl (C=O) groups excluding carboxylic acids is 1. The molecule has 0 aliphatic carbocycles. The van der Waals surface area contributed by atoms with Crippen LogP contribution in [0.4, 0.5) is 0 Å². The molecule has 25 heavy (non-hydrogen) atoms. The van der Waals surface area contributed by atoms with Gasteiger partial charge in [0.15, 0.2) is 0 Å². The second-order valence-electron chi connectivity index (χ2n) is 6.50. The quantitative estimate of drug-likeness (QED) is 0.877. The van der Waals surface area contributed by atoms with Gasteiger partial charge in [0.1, 0.15) is 18.2 Å². The highest BCUT2D eigenvalue weighted by Crippen LogP contribution is 2.31. The van der Waals surface area contributed by atoms with Crippen LogP contribution in [-0.2, 0) is 4.79 Å². The van der Waals surface area contributed by atoms with Gasteiger partial charge < -0.3 is 4.90 Å². The van der Waals surface area contributed by atoms with Gasteiger partial charge in [-0.25, -0.2) is 4.98 Å². The van der Waals surface area contributed by atoms with E-state index in [0.717, 1.165) is 50.4 Å². The number of hydrogen-bond acceptors (Lipinski definition) is 4. The highest BCUT2D eigenvalue weighted by molar-refractivity contribution is 5.83. The molecule has 134 valence electrons. The minimum absolute atomic E-state index is 0.197. The summed E-state index contributed by atoms with van der Waals surface area (Å²) in [5.74, 6) is 1.57. The van der Waals surface area contributed by atoms with E-state index in [-0.39, 0.29) is 11.9 Å². The van der Waals surface area contributed by atoms with Gasteiger partial charge >= 0.3 is 0 Å². The van der Waals surface area contributed by atoms with E-state index >= 15 is 0 Å². The van der Waals surface area contributed by atoms with Crippen molar-refractivity contribution in [2.45, 2.75) is 38.6 Å². The first-order valence-electron chi connectivity index (χ1n) is 9.17. The molecule has 0 spiro atoms. The molecular weight excluding hydrogens is 314 g/mol. The van der Waals surface area contributed by atoms with Crippen LogP contribution in [-0.4, -0.2) is 57.1 Å². The molecule has 1 amide bonds. The average Bonchev–Trinajstić information content (AvgIpc) is 3.19. The first kappa shape index (κ1) is 17.6. The van der Waals surface area contributed by atoms with Gasteiger partial charge in [-0.15, -0.1) is 0 Å². The maximum absolute atomic E-state index is 13.2. The summed E-state index contributed by atoms with van der Waals surface area (Å²) in [6, 6.07) is 9.96. The first-order chi connectivity index (χ1) is 12.2. The molecule has 1 fully saturated rings. The number of piperidine rings is 1. The molecule has 3 rings (SSSR count). The summed E-state index contributed by atoms with van der Waals surface area (Å²) in [6.07, 6.45) is 3.55. The molecule has 6 heteroatoms. The Kier molecular flexibility index (Phi) is 5.81. The minimum atomic E-state index is -0.197. The Bertz CT molecular complexity index is 646. The topological polar surface area (TPSA) is 65.1 Å². The van der Waals surface area contributed by atoms with Gasteiger partial charge in [0, 0.05) is 19.0 Å². The summed E-state index contributed by atoms with van der Waals surface area (Å²) >= 11 is 0. The van der Waals surface area contributed by atoms with E-state index in [9.17, 15) is 4.79 Å². The third-order valence-corrected chi connectivity index (χ3v) is 5.14. The molecule has 0 saturated carbocycles. The van der Waals surface area contributed by atoms with Crippen molar-refractivity contribution in [3.63, 3.8) is 0 Å². The molecule has 1 N–H and O–H groups in total. The number of nitrogens with one attached hydrogen (secondary N) is 1. The van der Waals surface area contributed by atoms with Crippen LogP contribution < -0.4 is 0 Å². The van der Waals surface area contributed by atoms with E-state index in [1.165, 1.54) is 0 Å². The van der Waals surface area contributed by atoms with Crippen LogP contribution in [0, 0.1) is 0 Å². The fourth-order valence-corrected chi connectivity index (χ4v) is 3.70. The normalized spacial score (nSPS) is 17.4. The van der Waals surface area contributed by atoms with E-state index in [4.69, 9.17) is 0 Å². The van der Waals surface area contributed by atoms with E-state index in [2.05, 4.69) is 32.2 Å². The summed E-state index contributed by atoms with van der Waals surface area (Å²) in [5.41, 5.74) is 1.08. The third kappa shape index (κ3) is 3.90. The van der Waals surface area contributed by atoms with Crippen molar-refractivity contribution in [3.8, 4) is 0 Å². The Morgan fingerprint density at radius 1 is 1.24 bits per heavy atom. The number of H-pyrrole nitrogens is 1. The fraction of sp³-hybridized carbons (Fsp3) is 0.526. The Morgan fingerprint density at radius 2 is 1.92 bits per heavy atom. The highest BCUT2D eigenvalue weighted by Gasteiger charge is 2.33. The van der Waals surface area contributed by atoms with Crippen LogP contribution in [0.25, 0.3) is 0 Å². The Morgan fingerprint density at radius 3 is 2.48 bits per heavy atom. The summed E-state index contributed by atoms with van der Waals surface area (Å²) in [6.45, 7) is 7.34. The number of likely N-dealkylation sites (tertiary alicyclic amines) is 1. The zero-order valence-corrected chi connectivity index (χ0v) is 15.1. The number of carbonyl (C=O) groups is 1. The van der Waals surface area contributed by atoms with Crippen molar-refractivity contribution in [2.24, 2.45) is 0 Å². The van der Waals surface area contributed by atoms with Crippen molar-refractivity contribution >= 4 is 5.91 Å². The van der Waals surface area contributed by atoms with Gasteiger partial charge in [0.2, 0.25) is 5.91 Å². The van der Waals surface area contributed by atoms with Crippen molar-refractivity contribution in [3.05, 3.63) is 48.0 Å². The molecule has 1 saturated heterocycles. The third-order valence-electron chi connectivity index (χ3n) is 5.14. The number of benzene rings is 1. The fourth-order valence-electron chi connectivity index (χ4n) is 3.70. The molecule has 1 atom stereocenters. The van der Waals surface area contributed by atoms with Crippen LogP contribution in [0.1, 0.15) is 50.0 Å². The Labute approximate surface area is 149 Å². The largest absolute Gasteiger partial charge is 0.342 e. The molecule has 2 aromatic rings. The summed E-state index contributed by atoms with van der Waals surface area (Å²) in [4.78, 5) is 21.7. The first-order valence-corrected chi connectivity index (χ1v) is 9.17. The number of aromatic amines is 1. The van der Waals surface area contributed by atoms with Gasteiger partial charge in [-0.2, -0.15) is 5.10 Å². The molecule has 1 aliphatic heterocycles. The van der Waals surface area contributed by atoms with Crippen LogP contribution >= 0.6 is 0 Å². The second-order valence-corrected chi connectivity index (χ2v) is 6.50. The standard InChI is InChI=1S/C19H27N5O/c1-3-23(4-2)19(25)17(15-8-6-5-7-9-15)24-12-10-16(11-13-24)18-20-14-21-22-18/h5-9,14,16-17H,3-4,10-13H2,1-2H3,(H,20,21,22). The molecule has 1 aromatic carbocycles. The van der Waals surface area contributed by atoms with Crippen LogP contribution in [0.2, 0.25) is 0 Å². The van der Waals surface area contributed by atoms with Crippen molar-refractivity contribution < 1.29 is 4.79 Å². The van der Waals surface area contributed by atoms with Gasteiger partial charge in [-0.3, -0.25) is 14.8 Å². The number of aromatic nitrogens is 3. The number of hydrogen-bond donors (Lipinski definition) is 1. The summed E-state index contributed by atoms with van der Waals surface area (Å²) in [5, 5.41) is 6.95. The number of rotatable bonds is 6. The lowest BCUT2D eigenvalue weighted by molar-refractivity contribution is -0.137. The molecular formula is C19H27N5O. The van der Waals surface area contributed by atoms with Gasteiger partial charge in [0.05, 0.1) is 0 Å². The summed E-state index contributed by atoms with van der Waals surface area (Å²) in [7, 11) is 0. The van der Waals surface area contributed by atoms with Crippen molar-refractivity contribution in [2.75, 3.05) is 26.2 Å². The highest BCUT2D eigenvalue weighted by atomic mass is 16.2. The number of nitrogens with zero attached hydrogens (tertiary/aromatic N) is 4. The lowest BCUT2D eigenvalue weighted by Gasteiger charge is -2.38. The maximum atomic E-state index is 13.2. The number of likely N-dealkylation sites (N-methyl/N-ethyl adjacent to an activating group) is 1. The predicted molar refractivity (Wildman–Crippen MR) is 97.0 cm³/mol. The van der Waals surface area contributed by atoms with Gasteiger partial charge in [0.25, 0.3) is 0 Å². The lowest BCUT2D eigenvalue weighted by atomic mass is 9.93. The van der Waals surface area contributed by atoms with Crippen LogP contribution in [0.5, 0.6) is 0 Å². The Balaban J connectivity index is 1.77. The van der Waals surface area contributed by atoms with Gasteiger partial charge in [-0.1, -0.05) is 30.3 Å². The minimum Gasteiger partial charge on any atom is -0.342 e. The molecule has 1 aliphatic rings. The predicted octanol–water partition coefficient (Wildman–Crippen LogP) is 2.59. The van der Waals surface area contributed by atoms with E-state index < -0.39 is 0 Å². The maximum Gasteiger partial charge on any atom is 0.244 e. The average molecular weight is 341 g/mol. The molecule has 1 aromatic heterocycles. The smallest absolute Gasteiger partial charge is 0.244 e. The van der Waals surface area contributed by atoms with E-state index in [1.807, 2.05) is 36.9 Å². The molecule has 0 bridgehead atoms. The zero-order chi connectivity index (χ0) is 17.6. The monoisotopic (exact) mass is 341 g/mol. The van der Waals surface area contributed by atoms with Crippen LogP contribution in [0.3, 0.4) is 0 Å². The van der Waals surface area contributed by atoms with E-state index in [1.54, 1.807) is 6.33 Å². The van der Waals surface area contributed by atoms with Crippen molar-refractivity contribution in [1.82, 2.24) is 25.0 Å². The van der Waals surface area contributed by atoms with Crippen LogP contribution in [0.15, 0.2) is 36.7 Å². The second kappa shape index (κ2) is 8.25. The molecule has 0 radical (unpaired) electrons. The SMILES string of the molecule is CCN(CC)C(=O)C(c1ccccc1)N1CCC(c2ncn[nH]2)CC1. The van der Waals surface area contributed by atoms with E-state index in [0.29, 0.717) is 5.92 Å². The van der Waals surface area contributed by atoms with Gasteiger partial charge in [-0.05, 0) is 45.3 Å². The van der Waals surface area contributed by atoms with Crippen molar-refractivity contribution in [1.29, 1.82) is 0 Å². The number of amides is 1. The molecule has 6 nitrogen and oxygen atoms in total. The summed E-state index contributed by atoms with van der Waals surface area (Å²) < 4.78 is 0. The molecule has 1 unspecified atom stereocenters. The lowest BCUT2D eigenvalue weighted by Crippen LogP contribution is -2.45.